The summed E-state index contributed by atoms with van der Waals surface area (Å²) in [6, 6.07) is 4.38. The number of hydrogen-bond donors (Lipinski definition) is 1. The second-order valence-electron chi connectivity index (χ2n) is 3.55. The molecule has 0 radical (unpaired) electrons. The van der Waals surface area contributed by atoms with E-state index in [4.69, 9.17) is 27.9 Å². The van der Waals surface area contributed by atoms with E-state index >= 15 is 0 Å². The number of halogens is 2. The van der Waals surface area contributed by atoms with E-state index in [1.54, 1.807) is 0 Å². The number of rotatable bonds is 5. The molecule has 0 aliphatic heterocycles. The lowest BCUT2D eigenvalue weighted by molar-refractivity contribution is -0.124. The minimum atomic E-state index is -0.611. The number of ether oxygens (including phenoxy) is 1. The van der Waals surface area contributed by atoms with Crippen LogP contribution in [0.3, 0.4) is 0 Å². The van der Waals surface area contributed by atoms with Crippen molar-refractivity contribution in [2.24, 2.45) is 0 Å². The lowest BCUT2D eigenvalue weighted by Gasteiger charge is -2.06. The Morgan fingerprint density at radius 2 is 2.00 bits per heavy atom. The molecule has 0 spiro atoms. The van der Waals surface area contributed by atoms with E-state index < -0.39 is 5.97 Å². The maximum Gasteiger partial charge on any atom is 0.338 e. The van der Waals surface area contributed by atoms with Gasteiger partial charge in [0.25, 0.3) is 5.91 Å². The van der Waals surface area contributed by atoms with Crippen LogP contribution in [0.15, 0.2) is 18.2 Å². The fraction of sp³-hybridized carbons (Fsp3) is 0.333. The third kappa shape index (κ3) is 4.55. The van der Waals surface area contributed by atoms with Crippen molar-refractivity contribution in [2.45, 2.75) is 13.3 Å². The van der Waals surface area contributed by atoms with E-state index in [9.17, 15) is 9.59 Å². The van der Waals surface area contributed by atoms with E-state index in [1.807, 2.05) is 6.92 Å². The van der Waals surface area contributed by atoms with Crippen LogP contribution in [-0.4, -0.2) is 25.0 Å². The van der Waals surface area contributed by atoms with Crippen LogP contribution in [0, 0.1) is 0 Å². The number of nitrogens with one attached hydrogen (secondary N) is 1. The fourth-order valence-corrected chi connectivity index (χ4v) is 1.45. The predicted molar refractivity (Wildman–Crippen MR) is 70.0 cm³/mol. The molecule has 4 nitrogen and oxygen atoms in total. The molecule has 0 aliphatic rings. The molecule has 1 aromatic carbocycles. The van der Waals surface area contributed by atoms with Crippen molar-refractivity contribution < 1.29 is 14.3 Å². The van der Waals surface area contributed by atoms with Crippen LogP contribution in [0.1, 0.15) is 23.7 Å². The van der Waals surface area contributed by atoms with Crippen molar-refractivity contribution in [1.29, 1.82) is 0 Å². The van der Waals surface area contributed by atoms with Gasteiger partial charge in [0.1, 0.15) is 0 Å². The minimum Gasteiger partial charge on any atom is -0.452 e. The molecule has 0 unspecified atom stereocenters. The third-order valence-corrected chi connectivity index (χ3v) is 2.80. The molecule has 0 atom stereocenters. The molecule has 1 N–H and O–H groups in total. The summed E-state index contributed by atoms with van der Waals surface area (Å²) in [5.41, 5.74) is 0.257. The number of carbonyl (C=O) groups excluding carboxylic acids is 2. The van der Waals surface area contributed by atoms with E-state index in [0.717, 1.165) is 6.42 Å². The van der Waals surface area contributed by atoms with Crippen molar-refractivity contribution in [3.05, 3.63) is 33.8 Å². The second-order valence-corrected chi connectivity index (χ2v) is 4.37. The average molecular weight is 290 g/mol. The summed E-state index contributed by atoms with van der Waals surface area (Å²) in [5.74, 6) is -0.939. The molecular formula is C12H13Cl2NO3. The van der Waals surface area contributed by atoms with Crippen LogP contribution in [0.25, 0.3) is 0 Å². The Morgan fingerprint density at radius 1 is 1.28 bits per heavy atom. The van der Waals surface area contributed by atoms with Crippen LogP contribution >= 0.6 is 23.2 Å². The van der Waals surface area contributed by atoms with Crippen LogP contribution in [0.4, 0.5) is 0 Å². The Hall–Kier alpha value is -1.26. The van der Waals surface area contributed by atoms with Gasteiger partial charge in [0.15, 0.2) is 6.61 Å². The highest BCUT2D eigenvalue weighted by atomic mass is 35.5. The Bertz CT molecular complexity index is 449. The van der Waals surface area contributed by atoms with E-state index in [1.165, 1.54) is 18.2 Å². The Labute approximate surface area is 115 Å². The topological polar surface area (TPSA) is 55.4 Å². The molecule has 0 bridgehead atoms. The van der Waals surface area contributed by atoms with Crippen molar-refractivity contribution in [1.82, 2.24) is 5.32 Å². The zero-order valence-corrected chi connectivity index (χ0v) is 11.3. The van der Waals surface area contributed by atoms with Crippen LogP contribution in [0.2, 0.25) is 10.0 Å². The smallest absolute Gasteiger partial charge is 0.338 e. The Balaban J connectivity index is 2.50. The zero-order valence-electron chi connectivity index (χ0n) is 9.83. The number of carbonyl (C=O) groups is 2. The standard InChI is InChI=1S/C12H13Cl2NO3/c1-2-5-15-11(16)7-18-12(17)8-3-4-9(13)10(14)6-8/h3-4,6H,2,5,7H2,1H3,(H,15,16). The summed E-state index contributed by atoms with van der Waals surface area (Å²) >= 11 is 11.5. The van der Waals surface area contributed by atoms with Gasteiger partial charge in [-0.05, 0) is 24.6 Å². The van der Waals surface area contributed by atoms with Gasteiger partial charge < -0.3 is 10.1 Å². The predicted octanol–water partition coefficient (Wildman–Crippen LogP) is 2.68. The first-order valence-electron chi connectivity index (χ1n) is 5.43. The molecule has 1 amide bonds. The maximum absolute atomic E-state index is 11.6. The average Bonchev–Trinajstić information content (AvgIpc) is 2.36. The summed E-state index contributed by atoms with van der Waals surface area (Å²) in [6.45, 7) is 2.18. The summed E-state index contributed by atoms with van der Waals surface area (Å²) in [5, 5.41) is 3.22. The van der Waals surface area contributed by atoms with Gasteiger partial charge >= 0.3 is 5.97 Å². The van der Waals surface area contributed by atoms with Gasteiger partial charge in [0.2, 0.25) is 0 Å². The normalized spacial score (nSPS) is 9.94. The number of hydrogen-bond acceptors (Lipinski definition) is 3. The molecule has 6 heteroatoms. The van der Waals surface area contributed by atoms with Gasteiger partial charge in [-0.1, -0.05) is 30.1 Å². The SMILES string of the molecule is CCCNC(=O)COC(=O)c1ccc(Cl)c(Cl)c1. The van der Waals surface area contributed by atoms with Gasteiger partial charge in [-0.25, -0.2) is 4.79 Å². The highest BCUT2D eigenvalue weighted by molar-refractivity contribution is 6.42. The van der Waals surface area contributed by atoms with Crippen molar-refractivity contribution >= 4 is 35.1 Å². The molecule has 0 aliphatic carbocycles. The van der Waals surface area contributed by atoms with E-state index in [-0.39, 0.29) is 23.1 Å². The summed E-state index contributed by atoms with van der Waals surface area (Å²) in [6.07, 6.45) is 0.826. The maximum atomic E-state index is 11.6. The third-order valence-electron chi connectivity index (χ3n) is 2.06. The lowest BCUT2D eigenvalue weighted by Crippen LogP contribution is -2.29. The molecule has 0 aromatic heterocycles. The van der Waals surface area contributed by atoms with Gasteiger partial charge in [0, 0.05) is 6.54 Å². The summed E-state index contributed by atoms with van der Waals surface area (Å²) in [7, 11) is 0. The van der Waals surface area contributed by atoms with Gasteiger partial charge in [0.05, 0.1) is 15.6 Å². The van der Waals surface area contributed by atoms with Crippen molar-refractivity contribution in [3.63, 3.8) is 0 Å². The van der Waals surface area contributed by atoms with Crippen molar-refractivity contribution in [2.75, 3.05) is 13.2 Å². The number of benzene rings is 1. The molecule has 0 saturated carbocycles. The summed E-state index contributed by atoms with van der Waals surface area (Å²) < 4.78 is 4.83. The Morgan fingerprint density at radius 3 is 2.61 bits per heavy atom. The molecule has 1 aromatic rings. The molecule has 98 valence electrons. The lowest BCUT2D eigenvalue weighted by atomic mass is 10.2. The van der Waals surface area contributed by atoms with Gasteiger partial charge in [-0.15, -0.1) is 0 Å². The molecule has 0 saturated heterocycles. The quantitative estimate of drug-likeness (QED) is 0.848. The molecule has 0 fully saturated rings. The zero-order chi connectivity index (χ0) is 13.5. The first-order chi connectivity index (χ1) is 8.54. The molecule has 1 rings (SSSR count). The largest absolute Gasteiger partial charge is 0.452 e. The Kier molecular flexibility index (Phi) is 5.95. The van der Waals surface area contributed by atoms with Crippen LogP contribution < -0.4 is 5.32 Å². The summed E-state index contributed by atoms with van der Waals surface area (Å²) in [4.78, 5) is 22.8. The van der Waals surface area contributed by atoms with Crippen molar-refractivity contribution in [3.8, 4) is 0 Å². The second kappa shape index (κ2) is 7.24. The number of esters is 1. The number of amides is 1. The van der Waals surface area contributed by atoms with E-state index in [0.29, 0.717) is 11.6 Å². The minimum absolute atomic E-state index is 0.257. The first kappa shape index (κ1) is 14.8. The molecule has 0 heterocycles. The molecular weight excluding hydrogens is 277 g/mol. The fourth-order valence-electron chi connectivity index (χ4n) is 1.15. The highest BCUT2D eigenvalue weighted by Crippen LogP contribution is 2.22. The van der Waals surface area contributed by atoms with Crippen LogP contribution in [0.5, 0.6) is 0 Å². The molecule has 18 heavy (non-hydrogen) atoms. The van der Waals surface area contributed by atoms with Crippen LogP contribution in [-0.2, 0) is 9.53 Å². The monoisotopic (exact) mass is 289 g/mol. The van der Waals surface area contributed by atoms with Gasteiger partial charge in [-0.3, -0.25) is 4.79 Å². The van der Waals surface area contributed by atoms with Gasteiger partial charge in [-0.2, -0.15) is 0 Å². The highest BCUT2D eigenvalue weighted by Gasteiger charge is 2.11. The first-order valence-corrected chi connectivity index (χ1v) is 6.19. The van der Waals surface area contributed by atoms with E-state index in [2.05, 4.69) is 5.32 Å².